The Labute approximate surface area is 133 Å². The van der Waals surface area contributed by atoms with Crippen molar-refractivity contribution >= 4 is 17.7 Å². The Kier molecular flexibility index (Phi) is 5.66. The first-order valence-electron chi connectivity index (χ1n) is 6.76. The summed E-state index contributed by atoms with van der Waals surface area (Å²) >= 11 is 1.43. The van der Waals surface area contributed by atoms with E-state index in [9.17, 15) is 4.79 Å². The van der Waals surface area contributed by atoms with Gasteiger partial charge in [-0.2, -0.15) is 0 Å². The maximum atomic E-state index is 11.1. The average molecular weight is 319 g/mol. The number of hydrogen-bond acceptors (Lipinski definition) is 5. The highest BCUT2D eigenvalue weighted by Crippen LogP contribution is 2.26. The third-order valence-corrected chi connectivity index (χ3v) is 3.81. The predicted molar refractivity (Wildman–Crippen MR) is 84.9 cm³/mol. The molecule has 6 heteroatoms. The number of thioether (sulfide) groups is 1. The van der Waals surface area contributed by atoms with E-state index >= 15 is 0 Å². The standard InChI is InChI=1S/C16H17NO4S/c1-3-22-14-8-13(9-17-15(14)16(18)19)21-10-11-4-6-12(20-2)7-5-11/h4-9H,3,10H2,1-2H3,(H,18,19). The summed E-state index contributed by atoms with van der Waals surface area (Å²) in [5.74, 6) is 1.08. The van der Waals surface area contributed by atoms with E-state index in [1.54, 1.807) is 13.2 Å². The van der Waals surface area contributed by atoms with Crippen LogP contribution < -0.4 is 9.47 Å². The fourth-order valence-electron chi connectivity index (χ4n) is 1.82. The number of aromatic nitrogens is 1. The molecule has 116 valence electrons. The zero-order valence-electron chi connectivity index (χ0n) is 12.4. The quantitative estimate of drug-likeness (QED) is 0.788. The van der Waals surface area contributed by atoms with E-state index in [2.05, 4.69) is 4.98 Å². The molecule has 1 heterocycles. The molecule has 0 bridgehead atoms. The van der Waals surface area contributed by atoms with Crippen LogP contribution in [0.3, 0.4) is 0 Å². The molecular weight excluding hydrogens is 302 g/mol. The zero-order valence-corrected chi connectivity index (χ0v) is 13.2. The van der Waals surface area contributed by atoms with E-state index in [1.165, 1.54) is 18.0 Å². The van der Waals surface area contributed by atoms with Crippen molar-refractivity contribution in [3.63, 3.8) is 0 Å². The van der Waals surface area contributed by atoms with Crippen LogP contribution in [-0.4, -0.2) is 28.9 Å². The molecular formula is C16H17NO4S. The lowest BCUT2D eigenvalue weighted by atomic mass is 10.2. The molecule has 0 saturated heterocycles. The minimum atomic E-state index is -1.03. The van der Waals surface area contributed by atoms with Gasteiger partial charge in [0.25, 0.3) is 0 Å². The van der Waals surface area contributed by atoms with E-state index in [-0.39, 0.29) is 5.69 Å². The number of hydrogen-bond donors (Lipinski definition) is 1. The number of ether oxygens (including phenoxy) is 2. The fraction of sp³-hybridized carbons (Fsp3) is 0.250. The lowest BCUT2D eigenvalue weighted by molar-refractivity contribution is 0.0686. The van der Waals surface area contributed by atoms with Crippen molar-refractivity contribution in [1.29, 1.82) is 0 Å². The van der Waals surface area contributed by atoms with Gasteiger partial charge >= 0.3 is 5.97 Å². The Bertz CT molecular complexity index is 643. The summed E-state index contributed by atoms with van der Waals surface area (Å²) < 4.78 is 10.8. The van der Waals surface area contributed by atoms with E-state index in [4.69, 9.17) is 14.6 Å². The molecule has 0 amide bonds. The normalized spacial score (nSPS) is 10.3. The summed E-state index contributed by atoms with van der Waals surface area (Å²) in [6, 6.07) is 9.28. The van der Waals surface area contributed by atoms with Crippen molar-refractivity contribution in [2.24, 2.45) is 0 Å². The molecule has 0 fully saturated rings. The molecule has 0 spiro atoms. The molecule has 0 unspecified atom stereocenters. The number of carboxylic acids is 1. The summed E-state index contributed by atoms with van der Waals surface area (Å²) in [5.41, 5.74) is 1.05. The molecule has 22 heavy (non-hydrogen) atoms. The van der Waals surface area contributed by atoms with E-state index in [0.717, 1.165) is 17.1 Å². The van der Waals surface area contributed by atoms with Gasteiger partial charge in [-0.05, 0) is 29.5 Å². The van der Waals surface area contributed by atoms with Crippen molar-refractivity contribution in [3.8, 4) is 11.5 Å². The van der Waals surface area contributed by atoms with Gasteiger partial charge in [0.15, 0.2) is 5.69 Å². The highest BCUT2D eigenvalue weighted by atomic mass is 32.2. The summed E-state index contributed by atoms with van der Waals surface area (Å²) in [7, 11) is 1.62. The number of carbonyl (C=O) groups is 1. The van der Waals surface area contributed by atoms with Gasteiger partial charge in [0.1, 0.15) is 18.1 Å². The molecule has 0 aliphatic carbocycles. The minimum Gasteiger partial charge on any atom is -0.497 e. The second-order valence-corrected chi connectivity index (χ2v) is 5.70. The van der Waals surface area contributed by atoms with Gasteiger partial charge in [0, 0.05) is 4.90 Å². The van der Waals surface area contributed by atoms with E-state index in [1.807, 2.05) is 31.2 Å². The lowest BCUT2D eigenvalue weighted by Gasteiger charge is -2.09. The van der Waals surface area contributed by atoms with Crippen LogP contribution in [0.15, 0.2) is 41.4 Å². The van der Waals surface area contributed by atoms with Gasteiger partial charge in [-0.3, -0.25) is 0 Å². The summed E-state index contributed by atoms with van der Waals surface area (Å²) in [6.45, 7) is 2.34. The Morgan fingerprint density at radius 3 is 2.59 bits per heavy atom. The van der Waals surface area contributed by atoms with Crippen LogP contribution in [0.2, 0.25) is 0 Å². The highest BCUT2D eigenvalue weighted by molar-refractivity contribution is 7.99. The van der Waals surface area contributed by atoms with Crippen LogP contribution in [0.25, 0.3) is 0 Å². The van der Waals surface area contributed by atoms with Crippen LogP contribution >= 0.6 is 11.8 Å². The summed E-state index contributed by atoms with van der Waals surface area (Å²) in [4.78, 5) is 15.7. The summed E-state index contributed by atoms with van der Waals surface area (Å²) in [6.07, 6.45) is 1.44. The largest absolute Gasteiger partial charge is 0.497 e. The van der Waals surface area contributed by atoms with Gasteiger partial charge in [-0.1, -0.05) is 19.1 Å². The number of pyridine rings is 1. The molecule has 0 radical (unpaired) electrons. The van der Waals surface area contributed by atoms with Crippen LogP contribution in [0.1, 0.15) is 23.0 Å². The number of methoxy groups -OCH3 is 1. The molecule has 2 aromatic rings. The molecule has 5 nitrogen and oxygen atoms in total. The van der Waals surface area contributed by atoms with Crippen molar-refractivity contribution in [3.05, 3.63) is 47.8 Å². The smallest absolute Gasteiger partial charge is 0.355 e. The van der Waals surface area contributed by atoms with Crippen molar-refractivity contribution < 1.29 is 19.4 Å². The first kappa shape index (κ1) is 16.2. The van der Waals surface area contributed by atoms with E-state index in [0.29, 0.717) is 17.3 Å². The second-order valence-electron chi connectivity index (χ2n) is 4.39. The van der Waals surface area contributed by atoms with Crippen molar-refractivity contribution in [2.75, 3.05) is 12.9 Å². The molecule has 1 aromatic heterocycles. The third-order valence-electron chi connectivity index (χ3n) is 2.89. The topological polar surface area (TPSA) is 68.7 Å². The first-order chi connectivity index (χ1) is 10.6. The van der Waals surface area contributed by atoms with Crippen molar-refractivity contribution in [2.45, 2.75) is 18.4 Å². The number of nitrogens with zero attached hydrogens (tertiary/aromatic N) is 1. The second kappa shape index (κ2) is 7.70. The Hall–Kier alpha value is -2.21. The molecule has 1 N–H and O–H groups in total. The van der Waals surface area contributed by atoms with Gasteiger partial charge in [0.2, 0.25) is 0 Å². The number of rotatable bonds is 7. The maximum absolute atomic E-state index is 11.1. The highest BCUT2D eigenvalue weighted by Gasteiger charge is 2.13. The summed E-state index contributed by atoms with van der Waals surface area (Å²) in [5, 5.41) is 9.11. The number of carboxylic acid groups (broad SMARTS) is 1. The molecule has 1 aromatic carbocycles. The molecule has 0 aliphatic rings. The van der Waals surface area contributed by atoms with Crippen LogP contribution in [-0.2, 0) is 6.61 Å². The average Bonchev–Trinajstić information content (AvgIpc) is 2.53. The molecule has 0 aliphatic heterocycles. The molecule has 2 rings (SSSR count). The van der Waals surface area contributed by atoms with Crippen molar-refractivity contribution in [1.82, 2.24) is 4.98 Å². The van der Waals surface area contributed by atoms with Crippen LogP contribution in [0, 0.1) is 0 Å². The fourth-order valence-corrected chi connectivity index (χ4v) is 2.61. The molecule has 0 saturated carbocycles. The third kappa shape index (κ3) is 4.14. The van der Waals surface area contributed by atoms with E-state index < -0.39 is 5.97 Å². The SMILES string of the molecule is CCSc1cc(OCc2ccc(OC)cc2)cnc1C(=O)O. The van der Waals surface area contributed by atoms with Gasteiger partial charge in [0.05, 0.1) is 13.3 Å². The monoisotopic (exact) mass is 319 g/mol. The van der Waals surface area contributed by atoms with Gasteiger partial charge in [-0.25, -0.2) is 9.78 Å². The zero-order chi connectivity index (χ0) is 15.9. The minimum absolute atomic E-state index is 0.0589. The van der Waals surface area contributed by atoms with Gasteiger partial charge in [-0.15, -0.1) is 11.8 Å². The Morgan fingerprint density at radius 1 is 1.27 bits per heavy atom. The number of aromatic carboxylic acids is 1. The van der Waals surface area contributed by atoms with Gasteiger partial charge < -0.3 is 14.6 Å². The maximum Gasteiger partial charge on any atom is 0.355 e. The first-order valence-corrected chi connectivity index (χ1v) is 7.74. The molecule has 0 atom stereocenters. The van der Waals surface area contributed by atoms with Crippen LogP contribution in [0.4, 0.5) is 0 Å². The number of benzene rings is 1. The predicted octanol–water partition coefficient (Wildman–Crippen LogP) is 3.48. The Morgan fingerprint density at radius 2 is 2.00 bits per heavy atom. The Balaban J connectivity index is 2.08. The lowest BCUT2D eigenvalue weighted by Crippen LogP contribution is -2.04. The van der Waals surface area contributed by atoms with Crippen LogP contribution in [0.5, 0.6) is 11.5 Å².